The van der Waals surface area contributed by atoms with E-state index in [9.17, 15) is 4.79 Å². The zero-order chi connectivity index (χ0) is 15.4. The molecule has 2 aromatic rings. The summed E-state index contributed by atoms with van der Waals surface area (Å²) < 4.78 is 1.82. The lowest BCUT2D eigenvalue weighted by atomic mass is 10.3. The number of hydrogen-bond acceptors (Lipinski definition) is 5. The van der Waals surface area contributed by atoms with Crippen LogP contribution < -0.4 is 10.2 Å². The van der Waals surface area contributed by atoms with Gasteiger partial charge < -0.3 is 15.1 Å². The van der Waals surface area contributed by atoms with Crippen molar-refractivity contribution in [2.45, 2.75) is 19.5 Å². The minimum absolute atomic E-state index is 0.00144. The standard InChI is InChI=1S/C14H20N6OS/c1-12(11-20-5-2-3-16-20)17-13(21)18-6-8-19(9-7-18)14-15-4-10-22-14/h2-5,10,12H,6-9,11H2,1H3,(H,17,21)/t12-/m0/s1. The van der Waals surface area contributed by atoms with Gasteiger partial charge in [-0.3, -0.25) is 4.68 Å². The molecule has 0 spiro atoms. The first-order valence-electron chi connectivity index (χ1n) is 7.39. The van der Waals surface area contributed by atoms with Gasteiger partial charge in [0.25, 0.3) is 0 Å². The van der Waals surface area contributed by atoms with Crippen molar-refractivity contribution < 1.29 is 4.79 Å². The van der Waals surface area contributed by atoms with Crippen LogP contribution in [0.15, 0.2) is 30.0 Å². The number of aromatic nitrogens is 3. The van der Waals surface area contributed by atoms with Gasteiger partial charge in [0.2, 0.25) is 0 Å². The molecule has 0 aliphatic carbocycles. The molecular formula is C14H20N6OS. The zero-order valence-electron chi connectivity index (χ0n) is 12.6. The normalized spacial score (nSPS) is 16.6. The van der Waals surface area contributed by atoms with Crippen LogP contribution in [0.3, 0.4) is 0 Å². The van der Waals surface area contributed by atoms with E-state index < -0.39 is 0 Å². The number of anilines is 1. The molecule has 0 aromatic carbocycles. The quantitative estimate of drug-likeness (QED) is 0.921. The molecule has 3 rings (SSSR count). The van der Waals surface area contributed by atoms with Crippen LogP contribution in [0, 0.1) is 0 Å². The Labute approximate surface area is 133 Å². The second-order valence-electron chi connectivity index (χ2n) is 5.37. The Balaban J connectivity index is 1.45. The number of thiazole rings is 1. The highest BCUT2D eigenvalue weighted by molar-refractivity contribution is 7.13. The van der Waals surface area contributed by atoms with Crippen LogP contribution in [0.25, 0.3) is 0 Å². The van der Waals surface area contributed by atoms with Crippen molar-refractivity contribution in [1.82, 2.24) is 25.0 Å². The summed E-state index contributed by atoms with van der Waals surface area (Å²) in [7, 11) is 0. The van der Waals surface area contributed by atoms with Crippen molar-refractivity contribution in [2.75, 3.05) is 31.1 Å². The third-order valence-electron chi connectivity index (χ3n) is 3.65. The Kier molecular flexibility index (Phi) is 4.57. The Hall–Kier alpha value is -2.09. The molecule has 1 N–H and O–H groups in total. The average molecular weight is 320 g/mol. The lowest BCUT2D eigenvalue weighted by Crippen LogP contribution is -2.53. The van der Waals surface area contributed by atoms with Crippen molar-refractivity contribution in [3.8, 4) is 0 Å². The Morgan fingerprint density at radius 2 is 2.18 bits per heavy atom. The van der Waals surface area contributed by atoms with Crippen LogP contribution in [0.4, 0.5) is 9.93 Å². The van der Waals surface area contributed by atoms with E-state index in [0.717, 1.165) is 31.3 Å². The number of hydrogen-bond donors (Lipinski definition) is 1. The third-order valence-corrected chi connectivity index (χ3v) is 4.48. The Morgan fingerprint density at radius 1 is 1.36 bits per heavy atom. The minimum atomic E-state index is -0.00144. The summed E-state index contributed by atoms with van der Waals surface area (Å²) in [6.45, 7) is 5.77. The van der Waals surface area contributed by atoms with E-state index in [-0.39, 0.29) is 12.1 Å². The fourth-order valence-electron chi connectivity index (χ4n) is 2.51. The van der Waals surface area contributed by atoms with Crippen LogP contribution in [0.5, 0.6) is 0 Å². The minimum Gasteiger partial charge on any atom is -0.345 e. The van der Waals surface area contributed by atoms with Crippen LogP contribution >= 0.6 is 11.3 Å². The summed E-state index contributed by atoms with van der Waals surface area (Å²) in [5, 5.41) is 10.2. The third kappa shape index (κ3) is 3.56. The van der Waals surface area contributed by atoms with Gasteiger partial charge >= 0.3 is 6.03 Å². The number of piperazine rings is 1. The average Bonchev–Trinajstić information content (AvgIpc) is 3.20. The van der Waals surface area contributed by atoms with E-state index in [1.54, 1.807) is 17.5 Å². The molecule has 0 bridgehead atoms. The van der Waals surface area contributed by atoms with Gasteiger partial charge in [0.05, 0.1) is 6.54 Å². The smallest absolute Gasteiger partial charge is 0.317 e. The molecule has 1 aliphatic rings. The number of carbonyl (C=O) groups is 1. The van der Waals surface area contributed by atoms with Gasteiger partial charge in [-0.15, -0.1) is 11.3 Å². The number of amides is 2. The summed E-state index contributed by atoms with van der Waals surface area (Å²) >= 11 is 1.64. The molecule has 22 heavy (non-hydrogen) atoms. The maximum absolute atomic E-state index is 12.3. The highest BCUT2D eigenvalue weighted by Crippen LogP contribution is 2.18. The highest BCUT2D eigenvalue weighted by atomic mass is 32.1. The fourth-order valence-corrected chi connectivity index (χ4v) is 3.21. The Morgan fingerprint density at radius 3 is 2.82 bits per heavy atom. The van der Waals surface area contributed by atoms with Crippen LogP contribution in [0.1, 0.15) is 6.92 Å². The monoisotopic (exact) mass is 320 g/mol. The first-order valence-corrected chi connectivity index (χ1v) is 8.27. The number of nitrogens with zero attached hydrogens (tertiary/aromatic N) is 5. The van der Waals surface area contributed by atoms with Crippen LogP contribution in [-0.4, -0.2) is 57.9 Å². The van der Waals surface area contributed by atoms with Gasteiger partial charge in [-0.2, -0.15) is 5.10 Å². The molecule has 7 nitrogen and oxygen atoms in total. The van der Waals surface area contributed by atoms with E-state index in [2.05, 4.69) is 20.3 Å². The van der Waals surface area contributed by atoms with Gasteiger partial charge in [0.1, 0.15) is 0 Å². The van der Waals surface area contributed by atoms with Crippen molar-refractivity contribution >= 4 is 22.5 Å². The van der Waals surface area contributed by atoms with Gasteiger partial charge in [-0.25, -0.2) is 9.78 Å². The summed E-state index contributed by atoms with van der Waals surface area (Å²) in [5.74, 6) is 0. The molecule has 118 valence electrons. The van der Waals surface area contributed by atoms with Gasteiger partial charge in [-0.1, -0.05) is 0 Å². The van der Waals surface area contributed by atoms with E-state index >= 15 is 0 Å². The molecule has 1 saturated heterocycles. The summed E-state index contributed by atoms with van der Waals surface area (Å²) in [6, 6.07) is 1.93. The lowest BCUT2D eigenvalue weighted by Gasteiger charge is -2.35. The molecule has 2 amide bonds. The maximum Gasteiger partial charge on any atom is 0.317 e. The first kappa shape index (κ1) is 14.8. The zero-order valence-corrected chi connectivity index (χ0v) is 13.4. The van der Waals surface area contributed by atoms with Gasteiger partial charge in [0.15, 0.2) is 5.13 Å². The molecule has 0 radical (unpaired) electrons. The van der Waals surface area contributed by atoms with E-state index in [4.69, 9.17) is 0 Å². The SMILES string of the molecule is C[C@@H](Cn1cccn1)NC(=O)N1CCN(c2nccs2)CC1. The van der Waals surface area contributed by atoms with Crippen molar-refractivity contribution in [3.63, 3.8) is 0 Å². The molecular weight excluding hydrogens is 300 g/mol. The van der Waals surface area contributed by atoms with E-state index in [1.807, 2.05) is 40.3 Å². The van der Waals surface area contributed by atoms with Gasteiger partial charge in [-0.05, 0) is 13.0 Å². The van der Waals surface area contributed by atoms with Crippen molar-refractivity contribution in [2.24, 2.45) is 0 Å². The molecule has 1 atom stereocenters. The van der Waals surface area contributed by atoms with Crippen molar-refractivity contribution in [1.29, 1.82) is 0 Å². The van der Waals surface area contributed by atoms with Crippen LogP contribution in [0.2, 0.25) is 0 Å². The maximum atomic E-state index is 12.3. The first-order chi connectivity index (χ1) is 10.7. The molecule has 1 fully saturated rings. The van der Waals surface area contributed by atoms with Gasteiger partial charge in [0, 0.05) is 56.2 Å². The number of urea groups is 1. The molecule has 8 heteroatoms. The van der Waals surface area contributed by atoms with Crippen LogP contribution in [-0.2, 0) is 6.54 Å². The Bertz CT molecular complexity index is 577. The molecule has 1 aliphatic heterocycles. The fraction of sp³-hybridized carbons (Fsp3) is 0.500. The second-order valence-corrected chi connectivity index (χ2v) is 6.24. The largest absolute Gasteiger partial charge is 0.345 e. The highest BCUT2D eigenvalue weighted by Gasteiger charge is 2.23. The molecule has 0 saturated carbocycles. The summed E-state index contributed by atoms with van der Waals surface area (Å²) in [4.78, 5) is 20.7. The molecule has 2 aromatic heterocycles. The van der Waals surface area contributed by atoms with E-state index in [1.165, 1.54) is 0 Å². The number of nitrogens with one attached hydrogen (secondary N) is 1. The second kappa shape index (κ2) is 6.78. The molecule has 0 unspecified atom stereocenters. The van der Waals surface area contributed by atoms with E-state index in [0.29, 0.717) is 6.54 Å². The molecule has 3 heterocycles. The summed E-state index contributed by atoms with van der Waals surface area (Å²) in [6.07, 6.45) is 5.46. The lowest BCUT2D eigenvalue weighted by molar-refractivity contribution is 0.189. The predicted molar refractivity (Wildman–Crippen MR) is 86.1 cm³/mol. The van der Waals surface area contributed by atoms with Crippen molar-refractivity contribution in [3.05, 3.63) is 30.0 Å². The summed E-state index contributed by atoms with van der Waals surface area (Å²) in [5.41, 5.74) is 0. The number of carbonyl (C=O) groups excluding carboxylic acids is 1. The topological polar surface area (TPSA) is 66.3 Å². The number of rotatable bonds is 4. The predicted octanol–water partition coefficient (Wildman–Crippen LogP) is 1.26.